The Bertz CT molecular complexity index is 2020. The molecule has 1 aromatic carbocycles. The molecule has 28 nitrogen and oxygen atoms in total. The first kappa shape index (κ1) is 52.7. The van der Waals surface area contributed by atoms with Crippen molar-refractivity contribution in [2.75, 3.05) is 13.1 Å². The molecule has 0 aromatic heterocycles. The third-order valence-corrected chi connectivity index (χ3v) is 10.6. The number of aliphatic hydroxyl groups excluding tert-OH is 8. The number of benzene rings is 1. The van der Waals surface area contributed by atoms with Crippen LogP contribution in [0.25, 0.3) is 0 Å². The Balaban J connectivity index is 0.00000261. The van der Waals surface area contributed by atoms with E-state index in [1.807, 2.05) is 5.32 Å². The molecule has 0 spiro atoms. The first-order valence-corrected chi connectivity index (χ1v) is 20.3. The summed E-state index contributed by atoms with van der Waals surface area (Å²) in [4.78, 5) is 96.3. The van der Waals surface area contributed by atoms with Gasteiger partial charge in [-0.05, 0) is 24.6 Å². The van der Waals surface area contributed by atoms with Gasteiger partial charge in [-0.3, -0.25) is 33.6 Å². The molecule has 0 unspecified atom stereocenters. The Morgan fingerprint density at radius 2 is 1.34 bits per heavy atom. The predicted octanol–water partition coefficient (Wildman–Crippen LogP) is -9.74. The Kier molecular flexibility index (Phi) is 18.4. The number of hydrogen-bond acceptors (Lipinski definition) is 21. The van der Waals surface area contributed by atoms with Crippen LogP contribution >= 0.6 is 0 Å². The molecule has 4 rings (SSSR count). The van der Waals surface area contributed by atoms with Crippen LogP contribution in [-0.2, 0) is 44.2 Å². The number of phenolic OH excluding ortho intramolecular Hbond substituents is 2. The maximum absolute atomic E-state index is 14.2. The highest BCUT2D eigenvalue weighted by Crippen LogP contribution is 2.31. The van der Waals surface area contributed by atoms with Crippen LogP contribution in [0.1, 0.15) is 44.8 Å². The van der Waals surface area contributed by atoms with Gasteiger partial charge in [-0.1, -0.05) is 13.0 Å². The summed E-state index contributed by atoms with van der Waals surface area (Å²) >= 11 is 0. The third-order valence-electron chi connectivity index (χ3n) is 10.6. The Morgan fingerprint density at radius 1 is 0.781 bits per heavy atom. The first-order chi connectivity index (χ1) is 29.7. The Labute approximate surface area is 363 Å². The second-order valence-corrected chi connectivity index (χ2v) is 15.9. The van der Waals surface area contributed by atoms with E-state index in [-0.39, 0.29) is 5.56 Å². The zero-order chi connectivity index (χ0) is 48.7. The summed E-state index contributed by atoms with van der Waals surface area (Å²) < 4.78 is 25.3. The van der Waals surface area contributed by atoms with Gasteiger partial charge in [-0.2, -0.15) is 0 Å². The Hall–Kier alpha value is -5.63. The number of amides is 7. The summed E-state index contributed by atoms with van der Waals surface area (Å²) in [7, 11) is -3.11. The van der Waals surface area contributed by atoms with Gasteiger partial charge in [0.2, 0.25) is 41.4 Å². The number of aromatic hydroxyl groups is 2. The lowest BCUT2D eigenvalue weighted by molar-refractivity contribution is -0.149. The van der Waals surface area contributed by atoms with Gasteiger partial charge in [-0.15, -0.1) is 12.6 Å². The highest BCUT2D eigenvalue weighted by atomic mass is 32.2. The number of carbonyl (C=O) groups is 7. The standard InChI is InChI=1S/C35H52N8O17.O3S/c1-11-9-43-25(26(11)51)33(58)41-31(56)20(49)7-15(36)29(54)38-22(12(2)44)34(59)42-10-14(45)6-16(42)30(55)40-24(28(53)27(52)13-3-4-17(46)18(47)5-13)32(57)39-23(35(43)60)19(48)8-21(37)50;1-4(2)3/h3-5,11-12,14-16,19-20,22-28,31,44-49,51-53,56H,6-10,36H2,1-2H3,(H2,37,50)(H,38,54)(H,39,57)(H,40,55)(H,41,58);/t11-,12+,14+,15-,16-,19+,20+,22-,23-,24-,25-,26-,27-,28-,31+;/m0./s1. The average molecular weight is 937 g/mol. The molecule has 3 fully saturated rings. The van der Waals surface area contributed by atoms with E-state index in [9.17, 15) is 84.6 Å². The summed E-state index contributed by atoms with van der Waals surface area (Å²) in [5.41, 5.74) is 10.8. The van der Waals surface area contributed by atoms with Crippen LogP contribution in [0.15, 0.2) is 18.2 Å². The number of nitrogens with two attached hydrogens (primary N) is 2. The highest BCUT2D eigenvalue weighted by Gasteiger charge is 2.50. The number of nitrogens with zero attached hydrogens (tertiary/aromatic N) is 2. The van der Waals surface area contributed by atoms with Crippen molar-refractivity contribution in [3.8, 4) is 11.5 Å². The maximum Gasteiger partial charge on any atom is 0.425 e. The lowest BCUT2D eigenvalue weighted by Gasteiger charge is -2.34. The molecular formula is C35H52N8O20S. The number of carbonyl (C=O) groups excluding carboxylic acids is 7. The van der Waals surface area contributed by atoms with E-state index in [1.54, 1.807) is 0 Å². The van der Waals surface area contributed by atoms with E-state index in [1.165, 1.54) is 6.92 Å². The van der Waals surface area contributed by atoms with E-state index in [0.717, 1.165) is 30.0 Å². The van der Waals surface area contributed by atoms with Gasteiger partial charge in [0.15, 0.2) is 17.7 Å². The van der Waals surface area contributed by atoms with Crippen LogP contribution < -0.4 is 32.7 Å². The minimum absolute atomic E-state index is 0.341. The normalized spacial score (nSPS) is 31.8. The fourth-order valence-corrected chi connectivity index (χ4v) is 7.24. The lowest BCUT2D eigenvalue weighted by Crippen LogP contribution is -2.64. The molecule has 3 aliphatic heterocycles. The van der Waals surface area contributed by atoms with Crippen molar-refractivity contribution in [2.45, 2.75) is 118 Å². The monoisotopic (exact) mass is 936 g/mol. The van der Waals surface area contributed by atoms with Gasteiger partial charge < -0.3 is 93.6 Å². The van der Waals surface area contributed by atoms with Crippen LogP contribution in [0.4, 0.5) is 0 Å². The molecule has 3 saturated heterocycles. The van der Waals surface area contributed by atoms with Crippen LogP contribution in [0.5, 0.6) is 11.5 Å². The minimum atomic E-state index is -3.11. The molecular weight excluding hydrogens is 884 g/mol. The lowest BCUT2D eigenvalue weighted by atomic mass is 9.96. The van der Waals surface area contributed by atoms with Gasteiger partial charge in [0.25, 0.3) is 0 Å². The van der Waals surface area contributed by atoms with Crippen molar-refractivity contribution in [1.82, 2.24) is 31.1 Å². The van der Waals surface area contributed by atoms with Crippen molar-refractivity contribution in [2.24, 2.45) is 17.4 Å². The summed E-state index contributed by atoms with van der Waals surface area (Å²) in [6, 6.07) is -9.20. The van der Waals surface area contributed by atoms with Crippen LogP contribution in [0.3, 0.4) is 0 Å². The largest absolute Gasteiger partial charge is 0.504 e. The summed E-state index contributed by atoms with van der Waals surface area (Å²) in [5, 5.41) is 115. The molecule has 64 heavy (non-hydrogen) atoms. The third kappa shape index (κ3) is 13.0. The smallest absolute Gasteiger partial charge is 0.425 e. The van der Waals surface area contributed by atoms with Crippen molar-refractivity contribution < 1.29 is 97.3 Å². The molecule has 3 aliphatic rings. The molecule has 3 heterocycles. The molecule has 29 heteroatoms. The van der Waals surface area contributed by atoms with Gasteiger partial charge >= 0.3 is 10.6 Å². The van der Waals surface area contributed by atoms with E-state index in [2.05, 4.69) is 16.0 Å². The van der Waals surface area contributed by atoms with Gasteiger partial charge in [0, 0.05) is 31.8 Å². The van der Waals surface area contributed by atoms with E-state index in [0.29, 0.717) is 4.90 Å². The quantitative estimate of drug-likeness (QED) is 0.113. The number of fused-ring (bicyclic) bond motifs is 2. The molecule has 0 saturated carbocycles. The van der Waals surface area contributed by atoms with E-state index in [4.69, 9.17) is 24.1 Å². The average Bonchev–Trinajstić information content (AvgIpc) is 3.74. The molecule has 0 bridgehead atoms. The van der Waals surface area contributed by atoms with E-state index >= 15 is 0 Å². The molecule has 7 amide bonds. The second kappa shape index (κ2) is 22.3. The maximum atomic E-state index is 14.2. The molecule has 0 aliphatic carbocycles. The molecule has 1 aromatic rings. The van der Waals surface area contributed by atoms with Crippen molar-refractivity contribution >= 4 is 52.0 Å². The molecule has 15 atom stereocenters. The van der Waals surface area contributed by atoms with Crippen LogP contribution in [-0.4, -0.2) is 207 Å². The van der Waals surface area contributed by atoms with Crippen molar-refractivity contribution in [3.63, 3.8) is 0 Å². The number of phenols is 2. The number of rotatable bonds is 7. The topological polar surface area (TPSA) is 480 Å². The van der Waals surface area contributed by atoms with Gasteiger partial charge in [0.1, 0.15) is 48.5 Å². The van der Waals surface area contributed by atoms with E-state index < -0.39 is 187 Å². The number of primary amides is 1. The first-order valence-electron chi connectivity index (χ1n) is 19.3. The highest BCUT2D eigenvalue weighted by molar-refractivity contribution is 7.59. The summed E-state index contributed by atoms with van der Waals surface area (Å²) in [5.74, 6) is -11.4. The number of hydrogen-bond donors (Lipinski definition) is 16. The summed E-state index contributed by atoms with van der Waals surface area (Å²) in [6.45, 7) is 1.44. The van der Waals surface area contributed by atoms with Gasteiger partial charge in [-0.25, -0.2) is 0 Å². The molecule has 18 N–H and O–H groups in total. The van der Waals surface area contributed by atoms with Crippen LogP contribution in [0.2, 0.25) is 0 Å². The predicted molar refractivity (Wildman–Crippen MR) is 207 cm³/mol. The van der Waals surface area contributed by atoms with Crippen LogP contribution in [0, 0.1) is 5.92 Å². The number of nitrogens with one attached hydrogen (secondary N) is 4. The van der Waals surface area contributed by atoms with Gasteiger partial charge in [0.05, 0.1) is 36.9 Å². The molecule has 358 valence electrons. The second-order valence-electron chi connectivity index (χ2n) is 15.5. The van der Waals surface area contributed by atoms with Crippen molar-refractivity contribution in [3.05, 3.63) is 23.8 Å². The van der Waals surface area contributed by atoms with Crippen molar-refractivity contribution in [1.29, 1.82) is 0 Å². The fraction of sp³-hybridized carbons (Fsp3) is 0.629. The fourth-order valence-electron chi connectivity index (χ4n) is 7.24. The molecule has 0 radical (unpaired) electrons. The Morgan fingerprint density at radius 3 is 1.91 bits per heavy atom. The minimum Gasteiger partial charge on any atom is -0.504 e. The zero-order valence-corrected chi connectivity index (χ0v) is 34.8. The number of aliphatic hydroxyl groups is 8. The SMILES string of the molecule is C[C@@H](O)[C@@H]1NC(=O)[C@@H](N)C[C@@H](O)[C@@H](O)NC(=O)[C@@H]2[C@@H](O)[C@@H](C)CN2C(=O)[C@H]([C@H](O)CC(N)=O)NC(=O)[C@H]([C@H](O)[C@@H](O)c2ccc(O)c(O)c2)NC(=O)[C@@H]2C[C@@H](O)CN2C1=O.O=S(=O)=O. The zero-order valence-electron chi connectivity index (χ0n) is 33.9. The summed E-state index contributed by atoms with van der Waals surface area (Å²) in [6.07, 6.45) is -18.3.